The Labute approximate surface area is 138 Å². The second-order valence-corrected chi connectivity index (χ2v) is 5.70. The van der Waals surface area contributed by atoms with E-state index in [9.17, 15) is 20.0 Å². The number of carboxylic acid groups (broad SMARTS) is 1. The quantitative estimate of drug-likeness (QED) is 0.439. The molecule has 2 aromatic rings. The summed E-state index contributed by atoms with van der Waals surface area (Å²) in [5.74, 6) is -1.30. The number of non-ortho nitro benzene ring substituents is 1. The SMILES string of the molecule is O=C(O)c1cc([N+](=O)[O-])cc(Cl)c1Nc1cccc(I)c1. The van der Waals surface area contributed by atoms with E-state index in [0.717, 1.165) is 15.7 Å². The number of anilines is 2. The number of carbonyl (C=O) groups is 1. The van der Waals surface area contributed by atoms with E-state index in [4.69, 9.17) is 11.6 Å². The van der Waals surface area contributed by atoms with Crippen LogP contribution in [0.25, 0.3) is 0 Å². The summed E-state index contributed by atoms with van der Waals surface area (Å²) in [5.41, 5.74) is 0.135. The largest absolute Gasteiger partial charge is 0.478 e. The first kappa shape index (κ1) is 15.5. The van der Waals surface area contributed by atoms with Gasteiger partial charge in [0.05, 0.1) is 21.2 Å². The molecule has 0 aromatic heterocycles. The topological polar surface area (TPSA) is 92.5 Å². The van der Waals surface area contributed by atoms with Gasteiger partial charge in [-0.1, -0.05) is 17.7 Å². The smallest absolute Gasteiger partial charge is 0.338 e. The van der Waals surface area contributed by atoms with Crippen molar-refractivity contribution in [2.45, 2.75) is 0 Å². The van der Waals surface area contributed by atoms with E-state index in [-0.39, 0.29) is 22.0 Å². The average molecular weight is 419 g/mol. The molecular formula is C13H8ClIN2O4. The van der Waals surface area contributed by atoms with Crippen LogP contribution in [-0.2, 0) is 0 Å². The Kier molecular flexibility index (Phi) is 4.63. The molecule has 0 saturated heterocycles. The predicted octanol–water partition coefficient (Wildman–Crippen LogP) is 4.29. The fourth-order valence-electron chi connectivity index (χ4n) is 1.70. The van der Waals surface area contributed by atoms with Gasteiger partial charge >= 0.3 is 5.97 Å². The minimum absolute atomic E-state index is 0.0274. The minimum Gasteiger partial charge on any atom is -0.478 e. The summed E-state index contributed by atoms with van der Waals surface area (Å²) in [7, 11) is 0. The van der Waals surface area contributed by atoms with E-state index in [2.05, 4.69) is 27.9 Å². The van der Waals surface area contributed by atoms with Crippen molar-refractivity contribution in [2.24, 2.45) is 0 Å². The lowest BCUT2D eigenvalue weighted by molar-refractivity contribution is -0.384. The standard InChI is InChI=1S/C13H8ClIN2O4/c14-11-6-9(17(20)21)5-10(13(18)19)12(11)16-8-3-1-2-7(15)4-8/h1-6,16H,(H,18,19). The number of nitro benzene ring substituents is 1. The Bertz CT molecular complexity index is 736. The van der Waals surface area contributed by atoms with Crippen LogP contribution in [0.2, 0.25) is 5.02 Å². The maximum absolute atomic E-state index is 11.3. The molecule has 0 saturated carbocycles. The number of halogens is 2. The van der Waals surface area contributed by atoms with Gasteiger partial charge in [-0.15, -0.1) is 0 Å². The molecule has 6 nitrogen and oxygen atoms in total. The van der Waals surface area contributed by atoms with E-state index >= 15 is 0 Å². The monoisotopic (exact) mass is 418 g/mol. The molecule has 0 aliphatic rings. The summed E-state index contributed by atoms with van der Waals surface area (Å²) >= 11 is 8.09. The highest BCUT2D eigenvalue weighted by Crippen LogP contribution is 2.33. The number of nitrogens with one attached hydrogen (secondary N) is 1. The Balaban J connectivity index is 2.52. The highest BCUT2D eigenvalue weighted by Gasteiger charge is 2.20. The number of hydrogen-bond acceptors (Lipinski definition) is 4. The molecule has 2 aromatic carbocycles. The molecule has 21 heavy (non-hydrogen) atoms. The zero-order valence-electron chi connectivity index (χ0n) is 10.3. The van der Waals surface area contributed by atoms with Crippen LogP contribution in [0.15, 0.2) is 36.4 Å². The number of nitro groups is 1. The highest BCUT2D eigenvalue weighted by atomic mass is 127. The highest BCUT2D eigenvalue weighted by molar-refractivity contribution is 14.1. The zero-order chi connectivity index (χ0) is 15.6. The molecule has 0 radical (unpaired) electrons. The fourth-order valence-corrected chi connectivity index (χ4v) is 2.51. The summed E-state index contributed by atoms with van der Waals surface area (Å²) in [6.07, 6.45) is 0. The Morgan fingerprint density at radius 1 is 1.33 bits per heavy atom. The minimum atomic E-state index is -1.30. The molecule has 0 fully saturated rings. The van der Waals surface area contributed by atoms with Gasteiger partial charge in [-0.05, 0) is 40.8 Å². The van der Waals surface area contributed by atoms with Crippen LogP contribution in [0.5, 0.6) is 0 Å². The van der Waals surface area contributed by atoms with Crippen molar-refractivity contribution < 1.29 is 14.8 Å². The first-order chi connectivity index (χ1) is 9.88. The maximum Gasteiger partial charge on any atom is 0.338 e. The van der Waals surface area contributed by atoms with E-state index in [0.29, 0.717) is 5.69 Å². The van der Waals surface area contributed by atoms with Crippen LogP contribution in [0, 0.1) is 13.7 Å². The van der Waals surface area contributed by atoms with Crippen LogP contribution in [0.3, 0.4) is 0 Å². The summed E-state index contributed by atoms with van der Waals surface area (Å²) in [6.45, 7) is 0. The van der Waals surface area contributed by atoms with E-state index in [1.165, 1.54) is 0 Å². The molecule has 2 rings (SSSR count). The van der Waals surface area contributed by atoms with Gasteiger partial charge in [-0.25, -0.2) is 4.79 Å². The Hall–Kier alpha value is -1.87. The first-order valence-corrected chi connectivity index (χ1v) is 7.08. The second-order valence-electron chi connectivity index (χ2n) is 4.05. The summed E-state index contributed by atoms with van der Waals surface area (Å²) in [4.78, 5) is 21.4. The van der Waals surface area contributed by atoms with Crippen molar-refractivity contribution in [3.63, 3.8) is 0 Å². The first-order valence-electron chi connectivity index (χ1n) is 5.62. The Morgan fingerprint density at radius 2 is 2.05 bits per heavy atom. The molecule has 0 aliphatic heterocycles. The molecule has 0 unspecified atom stereocenters. The van der Waals surface area contributed by atoms with Crippen LogP contribution < -0.4 is 5.32 Å². The summed E-state index contributed by atoms with van der Waals surface area (Å²) in [5, 5.41) is 22.8. The molecule has 2 N–H and O–H groups in total. The normalized spacial score (nSPS) is 10.2. The third-order valence-corrected chi connectivity index (χ3v) is 3.58. The molecule has 0 amide bonds. The third-order valence-electron chi connectivity index (χ3n) is 2.61. The predicted molar refractivity (Wildman–Crippen MR) is 87.5 cm³/mol. The van der Waals surface area contributed by atoms with Gasteiger partial charge in [0.15, 0.2) is 0 Å². The molecule has 0 spiro atoms. The van der Waals surface area contributed by atoms with Crippen LogP contribution in [0.1, 0.15) is 10.4 Å². The lowest BCUT2D eigenvalue weighted by atomic mass is 10.1. The number of carboxylic acids is 1. The van der Waals surface area contributed by atoms with Crippen LogP contribution in [-0.4, -0.2) is 16.0 Å². The summed E-state index contributed by atoms with van der Waals surface area (Å²) in [6, 6.07) is 9.30. The number of rotatable bonds is 4. The number of benzene rings is 2. The van der Waals surface area contributed by atoms with Gasteiger partial charge in [0, 0.05) is 21.4 Å². The fraction of sp³-hybridized carbons (Fsp3) is 0. The van der Waals surface area contributed by atoms with E-state index < -0.39 is 10.9 Å². The number of hydrogen-bond donors (Lipinski definition) is 2. The molecule has 108 valence electrons. The van der Waals surface area contributed by atoms with Crippen molar-refractivity contribution >= 4 is 57.2 Å². The van der Waals surface area contributed by atoms with Gasteiger partial charge < -0.3 is 10.4 Å². The molecule has 0 bridgehead atoms. The molecule has 0 heterocycles. The lowest BCUT2D eigenvalue weighted by Gasteiger charge is -2.12. The van der Waals surface area contributed by atoms with Crippen molar-refractivity contribution in [1.29, 1.82) is 0 Å². The van der Waals surface area contributed by atoms with E-state index in [1.807, 2.05) is 6.07 Å². The van der Waals surface area contributed by atoms with Crippen molar-refractivity contribution in [1.82, 2.24) is 0 Å². The average Bonchev–Trinajstić information content (AvgIpc) is 2.40. The zero-order valence-corrected chi connectivity index (χ0v) is 13.3. The van der Waals surface area contributed by atoms with Crippen molar-refractivity contribution in [2.75, 3.05) is 5.32 Å². The second kappa shape index (κ2) is 6.27. The number of nitrogens with zero attached hydrogens (tertiary/aromatic N) is 1. The lowest BCUT2D eigenvalue weighted by Crippen LogP contribution is -2.05. The molecule has 0 atom stereocenters. The Morgan fingerprint density at radius 3 is 2.62 bits per heavy atom. The molecular weight excluding hydrogens is 411 g/mol. The van der Waals surface area contributed by atoms with Gasteiger partial charge in [-0.3, -0.25) is 10.1 Å². The van der Waals surface area contributed by atoms with Gasteiger partial charge in [0.2, 0.25) is 0 Å². The number of aromatic carboxylic acids is 1. The van der Waals surface area contributed by atoms with E-state index in [1.54, 1.807) is 18.2 Å². The van der Waals surface area contributed by atoms with Crippen molar-refractivity contribution in [3.8, 4) is 0 Å². The molecule has 8 heteroatoms. The van der Waals surface area contributed by atoms with Crippen molar-refractivity contribution in [3.05, 3.63) is 60.7 Å². The van der Waals surface area contributed by atoms with Crippen LogP contribution in [0.4, 0.5) is 17.1 Å². The van der Waals surface area contributed by atoms with Gasteiger partial charge in [-0.2, -0.15) is 0 Å². The maximum atomic E-state index is 11.3. The summed E-state index contributed by atoms with van der Waals surface area (Å²) < 4.78 is 0.951. The third kappa shape index (κ3) is 3.61. The molecule has 0 aliphatic carbocycles. The van der Waals surface area contributed by atoms with Gasteiger partial charge in [0.25, 0.3) is 5.69 Å². The van der Waals surface area contributed by atoms with Gasteiger partial charge in [0.1, 0.15) is 0 Å². The van der Waals surface area contributed by atoms with Crippen LogP contribution >= 0.6 is 34.2 Å².